The topological polar surface area (TPSA) is 50.5 Å². The molecule has 2 bridgehead atoms. The molecule has 4 saturated carbocycles. The van der Waals surface area contributed by atoms with E-state index in [2.05, 4.69) is 32.3 Å². The zero-order valence-electron chi connectivity index (χ0n) is 11.9. The lowest BCUT2D eigenvalue weighted by molar-refractivity contribution is 0.593. The number of nitrogens with zero attached hydrogens (tertiary/aromatic N) is 4. The van der Waals surface area contributed by atoms with Crippen LogP contribution in [-0.2, 0) is 0 Å². The maximum Gasteiger partial charge on any atom is 0.0927 e. The van der Waals surface area contributed by atoms with Gasteiger partial charge in [0.2, 0.25) is 0 Å². The Morgan fingerprint density at radius 1 is 0.591 bits per heavy atom. The third-order valence-electron chi connectivity index (χ3n) is 5.91. The largest absolute Gasteiger partial charge is 0.255 e. The predicted octanol–water partition coefficient (Wildman–Crippen LogP) is 2.42. The zero-order chi connectivity index (χ0) is 14.3. The molecule has 4 nitrogen and oxygen atoms in total. The first-order valence-electron chi connectivity index (χ1n) is 7.93. The molecule has 2 aromatic rings. The Kier molecular flexibility index (Phi) is 1.89. The van der Waals surface area contributed by atoms with Crippen LogP contribution in [0.1, 0.15) is 11.4 Å². The minimum atomic E-state index is 0.504. The van der Waals surface area contributed by atoms with Crippen LogP contribution in [0.4, 0.5) is 0 Å². The molecule has 1 aliphatic heterocycles. The molecule has 4 fully saturated rings. The molecule has 2 atom stereocenters. The molecule has 0 radical (unpaired) electrons. The minimum absolute atomic E-state index is 0.504. The van der Waals surface area contributed by atoms with Gasteiger partial charge in [-0.2, -0.15) is 10.2 Å². The van der Waals surface area contributed by atoms with E-state index in [1.807, 2.05) is 36.7 Å². The molecule has 0 amide bonds. The Morgan fingerprint density at radius 2 is 1.09 bits per heavy atom. The second-order valence-corrected chi connectivity index (χ2v) is 6.76. The van der Waals surface area contributed by atoms with Gasteiger partial charge in [-0.1, -0.05) is 12.1 Å². The Bertz CT molecular complexity index is 747. The van der Waals surface area contributed by atoms with Crippen molar-refractivity contribution in [2.45, 2.75) is 0 Å². The molecule has 4 heteroatoms. The maximum atomic E-state index is 4.59. The SMILES string of the molecule is c1ccc(C2=NN=C(c3ccccn3)C3C2C2C4C3C24)nc1. The van der Waals surface area contributed by atoms with Crippen LogP contribution in [0.2, 0.25) is 0 Å². The summed E-state index contributed by atoms with van der Waals surface area (Å²) in [4.78, 5) is 9.01. The minimum Gasteiger partial charge on any atom is -0.255 e. The highest BCUT2D eigenvalue weighted by Crippen LogP contribution is 2.86. The van der Waals surface area contributed by atoms with Crippen molar-refractivity contribution in [1.29, 1.82) is 0 Å². The lowest BCUT2D eigenvalue weighted by Gasteiger charge is -2.24. The van der Waals surface area contributed by atoms with E-state index < -0.39 is 0 Å². The Morgan fingerprint density at radius 3 is 1.50 bits per heavy atom. The maximum absolute atomic E-state index is 4.59. The Labute approximate surface area is 128 Å². The van der Waals surface area contributed by atoms with Crippen molar-refractivity contribution < 1.29 is 0 Å². The van der Waals surface area contributed by atoms with Gasteiger partial charge in [0.05, 0.1) is 22.8 Å². The highest BCUT2D eigenvalue weighted by atomic mass is 15.2. The highest BCUT2D eigenvalue weighted by molar-refractivity contribution is 6.12. The standard InChI is InChI=1S/C18H14N4/c1-3-7-19-9(5-1)17-15-13-11-12(13)14(11)16(15)18(22-21-17)10-6-2-4-8-20-10/h1-8,11-16H. The van der Waals surface area contributed by atoms with Gasteiger partial charge >= 0.3 is 0 Å². The first kappa shape index (κ1) is 11.2. The lowest BCUT2D eigenvalue weighted by atomic mass is 9.84. The van der Waals surface area contributed by atoms with Crippen LogP contribution < -0.4 is 0 Å². The van der Waals surface area contributed by atoms with Crippen LogP contribution in [0.25, 0.3) is 0 Å². The van der Waals surface area contributed by atoms with Crippen LogP contribution in [0, 0.1) is 35.5 Å². The van der Waals surface area contributed by atoms with Crippen molar-refractivity contribution in [3.05, 3.63) is 60.2 Å². The highest BCUT2D eigenvalue weighted by Gasteiger charge is 2.85. The predicted molar refractivity (Wildman–Crippen MR) is 82.5 cm³/mol. The molecule has 5 aliphatic rings. The van der Waals surface area contributed by atoms with E-state index in [1.54, 1.807) is 0 Å². The Hall–Kier alpha value is -2.36. The molecule has 3 heterocycles. The van der Waals surface area contributed by atoms with Crippen LogP contribution in [-0.4, -0.2) is 21.4 Å². The molecule has 0 aromatic carbocycles. The van der Waals surface area contributed by atoms with Gasteiger partial charge in [0.15, 0.2) is 0 Å². The zero-order valence-corrected chi connectivity index (χ0v) is 11.9. The third kappa shape index (κ3) is 1.24. The molecule has 4 aliphatic carbocycles. The van der Waals surface area contributed by atoms with Gasteiger partial charge in [-0.3, -0.25) is 9.97 Å². The van der Waals surface area contributed by atoms with Gasteiger partial charge in [0.25, 0.3) is 0 Å². The summed E-state index contributed by atoms with van der Waals surface area (Å²) >= 11 is 0. The number of hydrogen-bond acceptors (Lipinski definition) is 4. The normalized spacial score (nSPS) is 39.5. The fourth-order valence-corrected chi connectivity index (χ4v) is 4.99. The number of pyridine rings is 2. The molecule has 2 aromatic heterocycles. The summed E-state index contributed by atoms with van der Waals surface area (Å²) in [6.07, 6.45) is 3.69. The summed E-state index contributed by atoms with van der Waals surface area (Å²) in [7, 11) is 0. The fourth-order valence-electron chi connectivity index (χ4n) is 4.99. The Balaban J connectivity index is 1.51. The lowest BCUT2D eigenvalue weighted by Crippen LogP contribution is -2.32. The fraction of sp³-hybridized carbons (Fsp3) is 0.333. The van der Waals surface area contributed by atoms with Crippen LogP contribution >= 0.6 is 0 Å². The molecule has 0 spiro atoms. The van der Waals surface area contributed by atoms with E-state index in [9.17, 15) is 0 Å². The summed E-state index contributed by atoms with van der Waals surface area (Å²) < 4.78 is 0. The number of hydrogen-bond donors (Lipinski definition) is 0. The van der Waals surface area contributed by atoms with Crippen molar-refractivity contribution in [1.82, 2.24) is 9.97 Å². The van der Waals surface area contributed by atoms with E-state index in [0.717, 1.165) is 46.5 Å². The van der Waals surface area contributed by atoms with Gasteiger partial charge in [-0.05, 0) is 47.9 Å². The molecular weight excluding hydrogens is 272 g/mol. The number of rotatable bonds is 2. The molecule has 106 valence electrons. The third-order valence-corrected chi connectivity index (χ3v) is 5.91. The first-order valence-corrected chi connectivity index (χ1v) is 7.93. The van der Waals surface area contributed by atoms with E-state index in [0.29, 0.717) is 11.8 Å². The number of aromatic nitrogens is 2. The summed E-state index contributed by atoms with van der Waals surface area (Å²) in [6.45, 7) is 0. The van der Waals surface area contributed by atoms with Crippen molar-refractivity contribution >= 4 is 11.4 Å². The second kappa shape index (κ2) is 3.69. The second-order valence-electron chi connectivity index (χ2n) is 6.76. The smallest absolute Gasteiger partial charge is 0.0927 e. The van der Waals surface area contributed by atoms with E-state index in [4.69, 9.17) is 0 Å². The van der Waals surface area contributed by atoms with Crippen LogP contribution in [0.3, 0.4) is 0 Å². The summed E-state index contributed by atoms with van der Waals surface area (Å²) in [5.74, 6) is 4.51. The van der Waals surface area contributed by atoms with Crippen molar-refractivity contribution in [2.24, 2.45) is 45.7 Å². The van der Waals surface area contributed by atoms with Gasteiger partial charge in [-0.15, -0.1) is 0 Å². The van der Waals surface area contributed by atoms with Crippen LogP contribution in [0.5, 0.6) is 0 Å². The van der Waals surface area contributed by atoms with Crippen molar-refractivity contribution in [3.63, 3.8) is 0 Å². The van der Waals surface area contributed by atoms with Gasteiger partial charge in [0.1, 0.15) is 0 Å². The van der Waals surface area contributed by atoms with Gasteiger partial charge < -0.3 is 0 Å². The molecule has 22 heavy (non-hydrogen) atoms. The molecule has 0 saturated heterocycles. The summed E-state index contributed by atoms with van der Waals surface area (Å²) in [5.41, 5.74) is 4.19. The molecular formula is C18H14N4. The van der Waals surface area contributed by atoms with Gasteiger partial charge in [0, 0.05) is 24.2 Å². The average Bonchev–Trinajstić information content (AvgIpc) is 3.43. The summed E-state index contributed by atoms with van der Waals surface area (Å²) in [5, 5.41) is 9.19. The van der Waals surface area contributed by atoms with E-state index >= 15 is 0 Å². The quantitative estimate of drug-likeness (QED) is 0.851. The monoisotopic (exact) mass is 286 g/mol. The first-order chi connectivity index (χ1) is 10.9. The van der Waals surface area contributed by atoms with Crippen LogP contribution in [0.15, 0.2) is 59.0 Å². The molecule has 7 rings (SSSR count). The van der Waals surface area contributed by atoms with Crippen molar-refractivity contribution in [3.8, 4) is 0 Å². The molecule has 0 N–H and O–H groups in total. The van der Waals surface area contributed by atoms with E-state index in [1.165, 1.54) is 0 Å². The molecule has 2 unspecified atom stereocenters. The van der Waals surface area contributed by atoms with Gasteiger partial charge in [-0.25, -0.2) is 0 Å². The average molecular weight is 286 g/mol. The summed E-state index contributed by atoms with van der Waals surface area (Å²) in [6, 6.07) is 12.1. The van der Waals surface area contributed by atoms with E-state index in [-0.39, 0.29) is 0 Å². The van der Waals surface area contributed by atoms with Crippen molar-refractivity contribution in [2.75, 3.05) is 0 Å².